The topological polar surface area (TPSA) is 90.5 Å². The van der Waals surface area contributed by atoms with Crippen LogP contribution in [0.3, 0.4) is 0 Å². The Hall–Kier alpha value is -3.65. The maximum atomic E-state index is 12.4. The molecule has 0 aliphatic heterocycles. The van der Waals surface area contributed by atoms with Crippen molar-refractivity contribution in [2.24, 2.45) is 0 Å². The Kier molecular flexibility index (Phi) is 6.25. The number of hydrogen-bond donors (Lipinski definition) is 3. The van der Waals surface area contributed by atoms with Crippen LogP contribution in [0.25, 0.3) is 0 Å². The van der Waals surface area contributed by atoms with E-state index in [-0.39, 0.29) is 17.8 Å². The van der Waals surface area contributed by atoms with Gasteiger partial charge in [0.1, 0.15) is 0 Å². The van der Waals surface area contributed by atoms with Crippen LogP contribution in [0.15, 0.2) is 66.7 Å². The maximum Gasteiger partial charge on any atom is 0.324 e. The highest BCUT2D eigenvalue weighted by Crippen LogP contribution is 2.23. The summed E-state index contributed by atoms with van der Waals surface area (Å²) < 4.78 is 0. The largest absolute Gasteiger partial charge is 0.345 e. The highest BCUT2D eigenvalue weighted by Gasteiger charge is 2.12. The Balaban J connectivity index is 1.57. The van der Waals surface area contributed by atoms with Gasteiger partial charge in [0.05, 0.1) is 9.88 Å². The van der Waals surface area contributed by atoms with Crippen LogP contribution in [0.1, 0.15) is 20.0 Å². The van der Waals surface area contributed by atoms with Gasteiger partial charge in [-0.1, -0.05) is 18.2 Å². The molecule has 0 saturated carbocycles. The summed E-state index contributed by atoms with van der Waals surface area (Å²) in [5.41, 5.74) is 1.80. The second-order valence-electron chi connectivity index (χ2n) is 6.34. The fourth-order valence-corrected chi connectivity index (χ4v) is 3.27. The smallest absolute Gasteiger partial charge is 0.324 e. The average molecular weight is 408 g/mol. The van der Waals surface area contributed by atoms with Crippen molar-refractivity contribution in [1.82, 2.24) is 4.90 Å². The van der Waals surface area contributed by atoms with Gasteiger partial charge in [0.15, 0.2) is 0 Å². The first kappa shape index (κ1) is 20.1. The number of rotatable bonds is 5. The van der Waals surface area contributed by atoms with Crippen LogP contribution < -0.4 is 16.0 Å². The molecule has 1 heterocycles. The Morgan fingerprint density at radius 3 is 2.07 bits per heavy atom. The normalized spacial score (nSPS) is 10.1. The van der Waals surface area contributed by atoms with Crippen molar-refractivity contribution in [2.45, 2.75) is 0 Å². The predicted octanol–water partition coefficient (Wildman–Crippen LogP) is 4.35. The first-order valence-corrected chi connectivity index (χ1v) is 9.60. The molecule has 0 unspecified atom stereocenters. The summed E-state index contributed by atoms with van der Waals surface area (Å²) in [4.78, 5) is 38.3. The van der Waals surface area contributed by atoms with Crippen molar-refractivity contribution in [3.05, 3.63) is 77.2 Å². The average Bonchev–Trinajstić information content (AvgIpc) is 3.17. The first-order valence-electron chi connectivity index (χ1n) is 8.78. The van der Waals surface area contributed by atoms with E-state index in [1.807, 2.05) is 18.2 Å². The summed E-state index contributed by atoms with van der Waals surface area (Å²) in [6.45, 7) is 0. The van der Waals surface area contributed by atoms with E-state index in [1.54, 1.807) is 62.6 Å². The quantitative estimate of drug-likeness (QED) is 0.586. The number of thiophene rings is 1. The number of carbonyl (C=O) groups is 3. The molecule has 0 fully saturated rings. The van der Waals surface area contributed by atoms with Crippen molar-refractivity contribution in [3.8, 4) is 0 Å². The number of carbonyl (C=O) groups excluding carboxylic acids is 3. The van der Waals surface area contributed by atoms with E-state index in [0.717, 1.165) is 0 Å². The van der Waals surface area contributed by atoms with Gasteiger partial charge in [-0.25, -0.2) is 4.79 Å². The summed E-state index contributed by atoms with van der Waals surface area (Å²) in [6, 6.07) is 18.7. The van der Waals surface area contributed by atoms with E-state index in [4.69, 9.17) is 0 Å². The number of benzene rings is 2. The van der Waals surface area contributed by atoms with Crippen molar-refractivity contribution in [3.63, 3.8) is 0 Å². The zero-order chi connectivity index (χ0) is 20.8. The lowest BCUT2D eigenvalue weighted by Gasteiger charge is -2.10. The second-order valence-corrected chi connectivity index (χ2v) is 7.42. The van der Waals surface area contributed by atoms with Crippen molar-refractivity contribution >= 4 is 45.6 Å². The molecule has 3 N–H and O–H groups in total. The van der Waals surface area contributed by atoms with Gasteiger partial charge in [0.25, 0.3) is 11.8 Å². The summed E-state index contributed by atoms with van der Waals surface area (Å²) >= 11 is 1.17. The molecule has 4 amide bonds. The van der Waals surface area contributed by atoms with E-state index in [1.165, 1.54) is 16.2 Å². The zero-order valence-corrected chi connectivity index (χ0v) is 16.7. The van der Waals surface area contributed by atoms with Crippen LogP contribution >= 0.6 is 11.3 Å². The molecular weight excluding hydrogens is 388 g/mol. The third kappa shape index (κ3) is 5.43. The van der Waals surface area contributed by atoms with Crippen LogP contribution in [-0.4, -0.2) is 36.8 Å². The summed E-state index contributed by atoms with van der Waals surface area (Å²) in [5, 5.41) is 8.75. The van der Waals surface area contributed by atoms with Gasteiger partial charge in [0, 0.05) is 31.0 Å². The minimum absolute atomic E-state index is 0.106. The molecule has 2 aromatic carbocycles. The lowest BCUT2D eigenvalue weighted by molar-refractivity contribution is 0.0827. The van der Waals surface area contributed by atoms with Crippen molar-refractivity contribution in [2.75, 3.05) is 30.0 Å². The Morgan fingerprint density at radius 1 is 0.759 bits per heavy atom. The predicted molar refractivity (Wildman–Crippen MR) is 116 cm³/mol. The molecule has 3 rings (SSSR count). The molecule has 8 heteroatoms. The number of nitrogens with one attached hydrogen (secondary N) is 3. The summed E-state index contributed by atoms with van der Waals surface area (Å²) in [5.74, 6) is -0.399. The highest BCUT2D eigenvalue weighted by atomic mass is 32.1. The number of nitrogens with zero attached hydrogens (tertiary/aromatic N) is 1. The highest BCUT2D eigenvalue weighted by molar-refractivity contribution is 7.18. The third-order valence-electron chi connectivity index (χ3n) is 3.89. The van der Waals surface area contributed by atoms with Crippen LogP contribution in [0.2, 0.25) is 0 Å². The number of urea groups is 1. The minimum Gasteiger partial charge on any atom is -0.345 e. The molecule has 0 saturated heterocycles. The van der Waals surface area contributed by atoms with E-state index in [2.05, 4.69) is 16.0 Å². The molecule has 29 heavy (non-hydrogen) atoms. The molecule has 0 radical (unpaired) electrons. The molecule has 0 atom stereocenters. The van der Waals surface area contributed by atoms with Gasteiger partial charge in [-0.05, 0) is 48.5 Å². The van der Waals surface area contributed by atoms with Crippen LogP contribution in [0, 0.1) is 0 Å². The number of amides is 4. The molecule has 0 aliphatic rings. The van der Waals surface area contributed by atoms with E-state index < -0.39 is 0 Å². The van der Waals surface area contributed by atoms with Crippen LogP contribution in [0.5, 0.6) is 0 Å². The van der Waals surface area contributed by atoms with Gasteiger partial charge in [-0.3, -0.25) is 14.9 Å². The Morgan fingerprint density at radius 2 is 1.41 bits per heavy atom. The second kappa shape index (κ2) is 9.03. The molecular formula is C21H20N4O3S. The molecule has 7 nitrogen and oxygen atoms in total. The van der Waals surface area contributed by atoms with E-state index in [9.17, 15) is 14.4 Å². The number of hydrogen-bond acceptors (Lipinski definition) is 4. The molecule has 1 aromatic heterocycles. The number of anilines is 3. The SMILES string of the molecule is CN(C)C(=O)c1ccc(NC(=O)c2ccc(NC(=O)Nc3ccccc3)s2)cc1. The fourth-order valence-electron chi connectivity index (χ4n) is 2.47. The molecule has 0 bridgehead atoms. The van der Waals surface area contributed by atoms with Gasteiger partial charge in [-0.2, -0.15) is 0 Å². The molecule has 148 valence electrons. The van der Waals surface area contributed by atoms with Crippen molar-refractivity contribution in [1.29, 1.82) is 0 Å². The molecule has 0 spiro atoms. The zero-order valence-electron chi connectivity index (χ0n) is 15.9. The van der Waals surface area contributed by atoms with Crippen LogP contribution in [0.4, 0.5) is 21.2 Å². The van der Waals surface area contributed by atoms with Crippen LogP contribution in [-0.2, 0) is 0 Å². The lowest BCUT2D eigenvalue weighted by Crippen LogP contribution is -2.21. The monoisotopic (exact) mass is 408 g/mol. The summed E-state index contributed by atoms with van der Waals surface area (Å²) in [6.07, 6.45) is 0. The summed E-state index contributed by atoms with van der Waals surface area (Å²) in [7, 11) is 3.36. The van der Waals surface area contributed by atoms with Crippen molar-refractivity contribution < 1.29 is 14.4 Å². The molecule has 0 aliphatic carbocycles. The van der Waals surface area contributed by atoms with Gasteiger partial charge in [-0.15, -0.1) is 11.3 Å². The van der Waals surface area contributed by atoms with Gasteiger partial charge < -0.3 is 15.5 Å². The molecule has 3 aromatic rings. The fraction of sp³-hybridized carbons (Fsp3) is 0.0952. The Labute approximate surface area is 172 Å². The first-order chi connectivity index (χ1) is 13.9. The van der Waals surface area contributed by atoms with Gasteiger partial charge >= 0.3 is 6.03 Å². The minimum atomic E-state index is -0.383. The standard InChI is InChI=1S/C21H20N4O3S/c1-25(2)20(27)14-8-10-16(11-9-14)22-19(26)17-12-13-18(29-17)24-21(28)23-15-6-4-3-5-7-15/h3-13H,1-2H3,(H,22,26)(H2,23,24,28). The Bertz CT molecular complexity index is 1010. The van der Waals surface area contributed by atoms with E-state index >= 15 is 0 Å². The van der Waals surface area contributed by atoms with Gasteiger partial charge in [0.2, 0.25) is 0 Å². The number of para-hydroxylation sites is 1. The maximum absolute atomic E-state index is 12.4. The third-order valence-corrected chi connectivity index (χ3v) is 4.89. The van der Waals surface area contributed by atoms with E-state index in [0.29, 0.717) is 26.8 Å². The lowest BCUT2D eigenvalue weighted by atomic mass is 10.2.